The Bertz CT molecular complexity index is 899. The average Bonchev–Trinajstić information content (AvgIpc) is 3.21. The van der Waals surface area contributed by atoms with E-state index in [-0.39, 0.29) is 23.2 Å². The maximum Gasteiger partial charge on any atom is 0.243 e. The van der Waals surface area contributed by atoms with Gasteiger partial charge < -0.3 is 10.4 Å². The van der Waals surface area contributed by atoms with Crippen molar-refractivity contribution in [1.29, 1.82) is 0 Å². The average molecular weight is 362 g/mol. The highest BCUT2D eigenvalue weighted by molar-refractivity contribution is 7.89. The third-order valence-electron chi connectivity index (χ3n) is 4.93. The van der Waals surface area contributed by atoms with E-state index in [4.69, 9.17) is 0 Å². The Morgan fingerprint density at radius 2 is 1.92 bits per heavy atom. The number of nitrogens with one attached hydrogen (secondary N) is 1. The predicted octanol–water partition coefficient (Wildman–Crippen LogP) is 2.14. The first kappa shape index (κ1) is 16.5. The van der Waals surface area contributed by atoms with Crippen molar-refractivity contribution in [3.05, 3.63) is 59.4 Å². The van der Waals surface area contributed by atoms with Crippen LogP contribution in [-0.4, -0.2) is 43.6 Å². The minimum Gasteiger partial charge on any atom is -0.392 e. The van der Waals surface area contributed by atoms with Crippen LogP contribution in [0.5, 0.6) is 0 Å². The molecular formula is C18H19FN2O3S. The van der Waals surface area contributed by atoms with Gasteiger partial charge in [-0.2, -0.15) is 4.31 Å². The molecule has 1 saturated heterocycles. The number of halogens is 1. The van der Waals surface area contributed by atoms with E-state index < -0.39 is 16.1 Å². The molecular weight excluding hydrogens is 343 g/mol. The van der Waals surface area contributed by atoms with Crippen LogP contribution in [-0.2, 0) is 10.0 Å². The van der Waals surface area contributed by atoms with E-state index in [1.807, 2.05) is 12.1 Å². The highest BCUT2D eigenvalue weighted by Gasteiger charge is 2.32. The summed E-state index contributed by atoms with van der Waals surface area (Å²) in [5, 5.41) is 12.8. The lowest BCUT2D eigenvalue weighted by Crippen LogP contribution is -2.29. The Labute approximate surface area is 146 Å². The van der Waals surface area contributed by atoms with Crippen LogP contribution in [0.3, 0.4) is 0 Å². The minimum atomic E-state index is -3.57. The fourth-order valence-corrected chi connectivity index (χ4v) is 5.05. The molecule has 0 amide bonds. The molecule has 0 aromatic heterocycles. The zero-order chi connectivity index (χ0) is 17.6. The molecule has 5 nitrogen and oxygen atoms in total. The van der Waals surface area contributed by atoms with Gasteiger partial charge in [0, 0.05) is 31.2 Å². The maximum atomic E-state index is 13.3. The van der Waals surface area contributed by atoms with Crippen molar-refractivity contribution >= 4 is 15.7 Å². The van der Waals surface area contributed by atoms with Crippen LogP contribution >= 0.6 is 0 Å². The number of hydrogen-bond acceptors (Lipinski definition) is 4. The number of fused-ring (bicyclic) bond motifs is 1. The first-order valence-corrected chi connectivity index (χ1v) is 9.70. The summed E-state index contributed by atoms with van der Waals surface area (Å²) in [5.41, 5.74) is 2.78. The molecule has 0 saturated carbocycles. The zero-order valence-corrected chi connectivity index (χ0v) is 14.3. The summed E-state index contributed by atoms with van der Waals surface area (Å²) < 4.78 is 39.9. The van der Waals surface area contributed by atoms with Gasteiger partial charge in [-0.1, -0.05) is 18.2 Å². The highest BCUT2D eigenvalue weighted by Crippen LogP contribution is 2.36. The number of rotatable bonds is 3. The van der Waals surface area contributed by atoms with Crippen LogP contribution in [0.25, 0.3) is 0 Å². The first-order chi connectivity index (χ1) is 11.9. The molecule has 1 fully saturated rings. The third-order valence-corrected chi connectivity index (χ3v) is 6.81. The lowest BCUT2D eigenvalue weighted by Gasteiger charge is -2.17. The molecule has 7 heteroatoms. The van der Waals surface area contributed by atoms with E-state index in [1.165, 1.54) is 16.4 Å². The van der Waals surface area contributed by atoms with Crippen LogP contribution in [0.15, 0.2) is 47.4 Å². The molecule has 2 aromatic carbocycles. The molecule has 0 aliphatic carbocycles. The molecule has 1 unspecified atom stereocenters. The Morgan fingerprint density at radius 1 is 1.16 bits per heavy atom. The Balaban J connectivity index is 1.60. The van der Waals surface area contributed by atoms with Gasteiger partial charge in [0.15, 0.2) is 0 Å². The van der Waals surface area contributed by atoms with E-state index in [9.17, 15) is 17.9 Å². The van der Waals surface area contributed by atoms with E-state index in [0.717, 1.165) is 16.8 Å². The molecule has 2 N–H and O–H groups in total. The summed E-state index contributed by atoms with van der Waals surface area (Å²) in [5.74, 6) is -0.206. The van der Waals surface area contributed by atoms with Crippen LogP contribution in [0.2, 0.25) is 0 Å². The van der Waals surface area contributed by atoms with E-state index in [0.29, 0.717) is 19.5 Å². The second kappa shape index (κ2) is 6.09. The summed E-state index contributed by atoms with van der Waals surface area (Å²) in [6, 6.07) is 11.5. The van der Waals surface area contributed by atoms with Gasteiger partial charge in [0.2, 0.25) is 10.0 Å². The monoisotopic (exact) mass is 362 g/mol. The summed E-state index contributed by atoms with van der Waals surface area (Å²) in [7, 11) is -3.57. The number of anilines is 1. The summed E-state index contributed by atoms with van der Waals surface area (Å²) in [4.78, 5) is 0.232. The van der Waals surface area contributed by atoms with Crippen molar-refractivity contribution in [3.63, 3.8) is 0 Å². The third kappa shape index (κ3) is 2.92. The largest absolute Gasteiger partial charge is 0.392 e. The zero-order valence-electron chi connectivity index (χ0n) is 13.5. The van der Waals surface area contributed by atoms with E-state index >= 15 is 0 Å². The second-order valence-corrected chi connectivity index (χ2v) is 8.48. The summed E-state index contributed by atoms with van der Waals surface area (Å²) in [6.07, 6.45) is -0.117. The molecule has 0 bridgehead atoms. The van der Waals surface area contributed by atoms with Gasteiger partial charge in [-0.3, -0.25) is 0 Å². The molecule has 2 aliphatic heterocycles. The molecule has 2 aliphatic rings. The Morgan fingerprint density at radius 3 is 2.60 bits per heavy atom. The Hall–Kier alpha value is -1.96. The van der Waals surface area contributed by atoms with Gasteiger partial charge in [-0.05, 0) is 41.8 Å². The SMILES string of the molecule is O=S(=O)(c1ccc(C2CNc3cc(F)ccc32)cc1)N1CC[C@@H](O)C1. The maximum absolute atomic E-state index is 13.3. The summed E-state index contributed by atoms with van der Waals surface area (Å²) in [6.45, 7) is 1.15. The molecule has 25 heavy (non-hydrogen) atoms. The molecule has 132 valence electrons. The number of aliphatic hydroxyl groups excluding tert-OH is 1. The highest BCUT2D eigenvalue weighted by atomic mass is 32.2. The minimum absolute atomic E-state index is 0.0703. The summed E-state index contributed by atoms with van der Waals surface area (Å²) >= 11 is 0. The number of aliphatic hydroxyl groups is 1. The van der Waals surface area contributed by atoms with Crippen LogP contribution in [0, 0.1) is 5.82 Å². The molecule has 2 aromatic rings. The van der Waals surface area contributed by atoms with Crippen molar-refractivity contribution in [2.75, 3.05) is 25.0 Å². The van der Waals surface area contributed by atoms with E-state index in [1.54, 1.807) is 18.2 Å². The van der Waals surface area contributed by atoms with Crippen LogP contribution < -0.4 is 5.32 Å². The fourth-order valence-electron chi connectivity index (χ4n) is 3.55. The lowest BCUT2D eigenvalue weighted by atomic mass is 9.93. The number of sulfonamides is 1. The normalized spacial score (nSPS) is 23.4. The topological polar surface area (TPSA) is 69.6 Å². The van der Waals surface area contributed by atoms with Crippen LogP contribution in [0.1, 0.15) is 23.5 Å². The first-order valence-electron chi connectivity index (χ1n) is 8.26. The number of nitrogens with zero attached hydrogens (tertiary/aromatic N) is 1. The Kier molecular flexibility index (Phi) is 4.02. The molecule has 0 radical (unpaired) electrons. The second-order valence-electron chi connectivity index (χ2n) is 6.54. The van der Waals surface area contributed by atoms with Crippen molar-refractivity contribution in [1.82, 2.24) is 4.31 Å². The van der Waals surface area contributed by atoms with Gasteiger partial charge in [0.05, 0.1) is 11.0 Å². The van der Waals surface area contributed by atoms with E-state index in [2.05, 4.69) is 5.32 Å². The van der Waals surface area contributed by atoms with Crippen molar-refractivity contribution in [2.24, 2.45) is 0 Å². The van der Waals surface area contributed by atoms with Crippen molar-refractivity contribution in [2.45, 2.75) is 23.3 Å². The van der Waals surface area contributed by atoms with Gasteiger partial charge in [-0.15, -0.1) is 0 Å². The molecule has 0 spiro atoms. The van der Waals surface area contributed by atoms with Crippen molar-refractivity contribution in [3.8, 4) is 0 Å². The molecule has 2 atom stereocenters. The predicted molar refractivity (Wildman–Crippen MR) is 92.6 cm³/mol. The number of benzene rings is 2. The lowest BCUT2D eigenvalue weighted by molar-refractivity contribution is 0.189. The number of β-amino-alcohol motifs (C(OH)–C–C–N with tert-alkyl or cyclic N) is 1. The van der Waals surface area contributed by atoms with Crippen molar-refractivity contribution < 1.29 is 17.9 Å². The standard InChI is InChI=1S/C18H19FN2O3S/c19-13-3-6-16-17(10-20-18(16)9-13)12-1-4-15(5-2-12)25(23,24)21-8-7-14(22)11-21/h1-6,9,14,17,20,22H,7-8,10-11H2/t14-,17?/m1/s1. The fraction of sp³-hybridized carbons (Fsp3) is 0.333. The molecule has 2 heterocycles. The van der Waals surface area contributed by atoms with Gasteiger partial charge >= 0.3 is 0 Å². The van der Waals surface area contributed by atoms with Crippen LogP contribution in [0.4, 0.5) is 10.1 Å². The van der Waals surface area contributed by atoms with Gasteiger partial charge in [-0.25, -0.2) is 12.8 Å². The number of hydrogen-bond donors (Lipinski definition) is 2. The van der Waals surface area contributed by atoms with Gasteiger partial charge in [0.1, 0.15) is 5.82 Å². The van der Waals surface area contributed by atoms with Gasteiger partial charge in [0.25, 0.3) is 0 Å². The smallest absolute Gasteiger partial charge is 0.243 e. The quantitative estimate of drug-likeness (QED) is 0.878. The molecule has 4 rings (SSSR count).